The van der Waals surface area contributed by atoms with Gasteiger partial charge in [0.15, 0.2) is 0 Å². The van der Waals surface area contributed by atoms with E-state index in [-0.39, 0.29) is 12.1 Å². The molecule has 0 radical (unpaired) electrons. The largest absolute Gasteiger partial charge is 0.465 e. The molecule has 0 aromatic heterocycles. The standard InChI is InChI=1S/C18H24N2O4/c21-17(22)19-9-3-7-15(19)11-13-5-1-2-6-14(13)12-16-8-4-10-20(16)18(23)24/h1-2,5-6,15-16H,3-4,7-12H2,(H,21,22)(H,23,24). The summed E-state index contributed by atoms with van der Waals surface area (Å²) in [5, 5.41) is 18.6. The summed E-state index contributed by atoms with van der Waals surface area (Å²) in [5.74, 6) is 0. The number of likely N-dealkylation sites (tertiary alicyclic amines) is 2. The molecule has 0 bridgehead atoms. The molecule has 6 nitrogen and oxygen atoms in total. The van der Waals surface area contributed by atoms with Crippen LogP contribution in [0.15, 0.2) is 24.3 Å². The molecule has 130 valence electrons. The number of rotatable bonds is 4. The molecule has 1 aromatic rings. The van der Waals surface area contributed by atoms with Gasteiger partial charge in [-0.25, -0.2) is 9.59 Å². The molecule has 2 saturated heterocycles. The van der Waals surface area contributed by atoms with E-state index in [2.05, 4.69) is 0 Å². The van der Waals surface area contributed by atoms with Crippen LogP contribution in [0.3, 0.4) is 0 Å². The third-order valence-corrected chi connectivity index (χ3v) is 5.28. The molecule has 1 aromatic carbocycles. The third kappa shape index (κ3) is 3.47. The van der Waals surface area contributed by atoms with Crippen molar-refractivity contribution in [3.05, 3.63) is 35.4 Å². The van der Waals surface area contributed by atoms with Gasteiger partial charge in [-0.1, -0.05) is 24.3 Å². The van der Waals surface area contributed by atoms with Crippen LogP contribution in [0, 0.1) is 0 Å². The van der Waals surface area contributed by atoms with Crippen LogP contribution in [0.2, 0.25) is 0 Å². The summed E-state index contributed by atoms with van der Waals surface area (Å²) in [6, 6.07) is 8.11. The predicted octanol–water partition coefficient (Wildman–Crippen LogP) is 3.06. The molecule has 2 amide bonds. The van der Waals surface area contributed by atoms with E-state index in [4.69, 9.17) is 0 Å². The molecule has 2 unspecified atom stereocenters. The molecular weight excluding hydrogens is 308 g/mol. The molecule has 24 heavy (non-hydrogen) atoms. The monoisotopic (exact) mass is 332 g/mol. The van der Waals surface area contributed by atoms with Gasteiger partial charge in [0.25, 0.3) is 0 Å². The van der Waals surface area contributed by atoms with Crippen molar-refractivity contribution in [2.45, 2.75) is 50.6 Å². The van der Waals surface area contributed by atoms with E-state index in [0.717, 1.165) is 36.8 Å². The SMILES string of the molecule is O=C(O)N1CCCC1Cc1ccccc1CC1CCCN1C(=O)O. The van der Waals surface area contributed by atoms with Crippen molar-refractivity contribution in [2.24, 2.45) is 0 Å². The zero-order valence-corrected chi connectivity index (χ0v) is 13.7. The highest BCUT2D eigenvalue weighted by atomic mass is 16.4. The summed E-state index contributed by atoms with van der Waals surface area (Å²) in [4.78, 5) is 25.8. The molecule has 0 saturated carbocycles. The molecule has 2 heterocycles. The molecule has 2 N–H and O–H groups in total. The van der Waals surface area contributed by atoms with Gasteiger partial charge in [-0.15, -0.1) is 0 Å². The van der Waals surface area contributed by atoms with Crippen LogP contribution in [-0.4, -0.2) is 57.4 Å². The van der Waals surface area contributed by atoms with E-state index < -0.39 is 12.2 Å². The second-order valence-electron chi connectivity index (χ2n) is 6.72. The first kappa shape index (κ1) is 16.6. The summed E-state index contributed by atoms with van der Waals surface area (Å²) < 4.78 is 0. The molecule has 6 heteroatoms. The Labute approximate surface area is 141 Å². The summed E-state index contributed by atoms with van der Waals surface area (Å²) in [7, 11) is 0. The summed E-state index contributed by atoms with van der Waals surface area (Å²) in [5.41, 5.74) is 2.29. The number of hydrogen-bond donors (Lipinski definition) is 2. The Morgan fingerprint density at radius 1 is 0.875 bits per heavy atom. The maximum Gasteiger partial charge on any atom is 0.407 e. The Morgan fingerprint density at radius 3 is 1.67 bits per heavy atom. The Balaban J connectivity index is 1.73. The minimum Gasteiger partial charge on any atom is -0.465 e. The fourth-order valence-corrected chi connectivity index (χ4v) is 4.06. The lowest BCUT2D eigenvalue weighted by Gasteiger charge is -2.25. The average molecular weight is 332 g/mol. The van der Waals surface area contributed by atoms with Gasteiger partial charge < -0.3 is 20.0 Å². The zero-order valence-electron chi connectivity index (χ0n) is 13.7. The smallest absolute Gasteiger partial charge is 0.407 e. The number of carbonyl (C=O) groups is 2. The highest BCUT2D eigenvalue weighted by Gasteiger charge is 2.31. The van der Waals surface area contributed by atoms with Crippen molar-refractivity contribution >= 4 is 12.2 Å². The van der Waals surface area contributed by atoms with Crippen LogP contribution in [-0.2, 0) is 12.8 Å². The summed E-state index contributed by atoms with van der Waals surface area (Å²) in [6.45, 7) is 1.22. The average Bonchev–Trinajstić information content (AvgIpc) is 3.18. The maximum absolute atomic E-state index is 11.3. The number of benzene rings is 1. The van der Waals surface area contributed by atoms with Crippen molar-refractivity contribution in [1.29, 1.82) is 0 Å². The Hall–Kier alpha value is -2.24. The summed E-state index contributed by atoms with van der Waals surface area (Å²) >= 11 is 0. The molecular formula is C18H24N2O4. The molecule has 0 spiro atoms. The van der Waals surface area contributed by atoms with E-state index in [1.165, 1.54) is 9.80 Å². The van der Waals surface area contributed by atoms with Gasteiger partial charge in [0.05, 0.1) is 0 Å². The van der Waals surface area contributed by atoms with E-state index in [1.54, 1.807) is 0 Å². The van der Waals surface area contributed by atoms with Crippen molar-refractivity contribution in [3.8, 4) is 0 Å². The van der Waals surface area contributed by atoms with Gasteiger partial charge in [0.1, 0.15) is 0 Å². The normalized spacial score (nSPS) is 23.7. The fraction of sp³-hybridized carbons (Fsp3) is 0.556. The second-order valence-corrected chi connectivity index (χ2v) is 6.72. The topological polar surface area (TPSA) is 81.1 Å². The van der Waals surface area contributed by atoms with Gasteiger partial charge in [0, 0.05) is 25.2 Å². The first-order valence-corrected chi connectivity index (χ1v) is 8.62. The maximum atomic E-state index is 11.3. The number of hydrogen-bond acceptors (Lipinski definition) is 2. The van der Waals surface area contributed by atoms with Gasteiger partial charge in [-0.2, -0.15) is 0 Å². The third-order valence-electron chi connectivity index (χ3n) is 5.28. The number of carboxylic acid groups (broad SMARTS) is 2. The fourth-order valence-electron chi connectivity index (χ4n) is 4.06. The predicted molar refractivity (Wildman–Crippen MR) is 89.4 cm³/mol. The van der Waals surface area contributed by atoms with Crippen LogP contribution in [0.4, 0.5) is 9.59 Å². The van der Waals surface area contributed by atoms with E-state index in [9.17, 15) is 19.8 Å². The lowest BCUT2D eigenvalue weighted by atomic mass is 9.94. The Kier molecular flexibility index (Phi) is 4.92. The van der Waals surface area contributed by atoms with Crippen LogP contribution in [0.5, 0.6) is 0 Å². The molecule has 3 rings (SSSR count). The molecule has 2 fully saturated rings. The molecule has 2 aliphatic heterocycles. The minimum absolute atomic E-state index is 0.0304. The lowest BCUT2D eigenvalue weighted by Crippen LogP contribution is -2.37. The van der Waals surface area contributed by atoms with Gasteiger partial charge in [-0.05, 0) is 49.7 Å². The molecule has 2 atom stereocenters. The number of nitrogens with zero attached hydrogens (tertiary/aromatic N) is 2. The Morgan fingerprint density at radius 2 is 1.29 bits per heavy atom. The van der Waals surface area contributed by atoms with Crippen LogP contribution >= 0.6 is 0 Å². The van der Waals surface area contributed by atoms with E-state index in [0.29, 0.717) is 25.9 Å². The second kappa shape index (κ2) is 7.11. The van der Waals surface area contributed by atoms with Crippen molar-refractivity contribution in [2.75, 3.05) is 13.1 Å². The highest BCUT2D eigenvalue weighted by Crippen LogP contribution is 2.26. The van der Waals surface area contributed by atoms with Crippen molar-refractivity contribution in [3.63, 3.8) is 0 Å². The van der Waals surface area contributed by atoms with Crippen molar-refractivity contribution < 1.29 is 19.8 Å². The molecule has 2 aliphatic rings. The van der Waals surface area contributed by atoms with Crippen LogP contribution in [0.25, 0.3) is 0 Å². The van der Waals surface area contributed by atoms with Crippen LogP contribution in [0.1, 0.15) is 36.8 Å². The van der Waals surface area contributed by atoms with Crippen molar-refractivity contribution in [1.82, 2.24) is 9.80 Å². The van der Waals surface area contributed by atoms with Crippen LogP contribution < -0.4 is 0 Å². The summed E-state index contributed by atoms with van der Waals surface area (Å²) in [6.07, 6.45) is 3.34. The van der Waals surface area contributed by atoms with Gasteiger partial charge in [-0.3, -0.25) is 0 Å². The van der Waals surface area contributed by atoms with E-state index in [1.807, 2.05) is 24.3 Å². The highest BCUT2D eigenvalue weighted by molar-refractivity contribution is 5.66. The molecule has 0 aliphatic carbocycles. The first-order chi connectivity index (χ1) is 11.6. The minimum atomic E-state index is -0.845. The number of amides is 2. The van der Waals surface area contributed by atoms with Gasteiger partial charge in [0.2, 0.25) is 0 Å². The zero-order chi connectivity index (χ0) is 17.1. The first-order valence-electron chi connectivity index (χ1n) is 8.62. The lowest BCUT2D eigenvalue weighted by molar-refractivity contribution is 0.138. The Bertz CT molecular complexity index is 566. The van der Waals surface area contributed by atoms with Gasteiger partial charge >= 0.3 is 12.2 Å². The quantitative estimate of drug-likeness (QED) is 0.888. The van der Waals surface area contributed by atoms with E-state index >= 15 is 0 Å².